The van der Waals surface area contributed by atoms with Crippen molar-refractivity contribution in [2.75, 3.05) is 13.1 Å². The second-order valence-electron chi connectivity index (χ2n) is 4.25. The fourth-order valence-electron chi connectivity index (χ4n) is 1.80. The van der Waals surface area contributed by atoms with Crippen LogP contribution < -0.4 is 5.43 Å². The Hall–Kier alpha value is -0.750. The number of nitrogens with one attached hydrogen (secondary N) is 1. The van der Waals surface area contributed by atoms with Crippen LogP contribution in [0.1, 0.15) is 12.8 Å². The van der Waals surface area contributed by atoms with Gasteiger partial charge in [0.15, 0.2) is 0 Å². The van der Waals surface area contributed by atoms with Gasteiger partial charge in [0.25, 0.3) is 0 Å². The van der Waals surface area contributed by atoms with Crippen LogP contribution in [0.25, 0.3) is 0 Å². The first kappa shape index (κ1) is 14.7. The highest BCUT2D eigenvalue weighted by Crippen LogP contribution is 2.25. The molecular weight excluding hydrogens is 307 g/mol. The van der Waals surface area contributed by atoms with Gasteiger partial charge in [0, 0.05) is 19.3 Å². The Kier molecular flexibility index (Phi) is 4.73. The van der Waals surface area contributed by atoms with Gasteiger partial charge < -0.3 is 5.43 Å². The highest BCUT2D eigenvalue weighted by atomic mass is 35.5. The molecule has 1 N–H and O–H groups in total. The highest BCUT2D eigenvalue weighted by Gasteiger charge is 2.13. The minimum absolute atomic E-state index is 0.126. The van der Waals surface area contributed by atoms with Crippen molar-refractivity contribution in [1.82, 2.24) is 10.4 Å². The molecule has 0 saturated carbocycles. The minimum Gasteiger partial charge on any atom is -0.325 e. The number of hydrazine groups is 1. The van der Waals surface area contributed by atoms with Gasteiger partial charge in [-0.25, -0.2) is 13.4 Å². The molecule has 1 heterocycles. The topological polar surface area (TPSA) is 49.4 Å². The van der Waals surface area contributed by atoms with Crippen molar-refractivity contribution in [2.24, 2.45) is 0 Å². The molecule has 1 aromatic carbocycles. The monoisotopic (exact) mass is 320 g/mol. The van der Waals surface area contributed by atoms with Crippen LogP contribution in [-0.4, -0.2) is 26.5 Å². The molecular formula is C12H14Cl2N2O2S. The summed E-state index contributed by atoms with van der Waals surface area (Å²) in [5, 5.41) is 3.66. The first-order valence-electron chi connectivity index (χ1n) is 5.87. The molecule has 7 heteroatoms. The largest absolute Gasteiger partial charge is 0.325 e. The molecule has 2 rings (SSSR count). The SMILES string of the molecule is O=S(=O)(C=CNN1CCCC1)c1ccc(Cl)c(Cl)c1. The van der Waals surface area contributed by atoms with E-state index in [-0.39, 0.29) is 9.92 Å². The molecule has 1 aliphatic rings. The van der Waals surface area contributed by atoms with Crippen LogP contribution in [0.2, 0.25) is 10.0 Å². The van der Waals surface area contributed by atoms with Gasteiger partial charge in [-0.2, -0.15) is 0 Å². The number of hydrogen-bond donors (Lipinski definition) is 1. The second kappa shape index (κ2) is 6.13. The number of rotatable bonds is 4. The van der Waals surface area contributed by atoms with Crippen molar-refractivity contribution >= 4 is 33.0 Å². The van der Waals surface area contributed by atoms with E-state index < -0.39 is 9.84 Å². The van der Waals surface area contributed by atoms with Crippen LogP contribution in [0.3, 0.4) is 0 Å². The van der Waals surface area contributed by atoms with E-state index in [9.17, 15) is 8.42 Å². The van der Waals surface area contributed by atoms with Gasteiger partial charge in [-0.1, -0.05) is 23.2 Å². The molecule has 0 unspecified atom stereocenters. The Labute approximate surface area is 122 Å². The predicted molar refractivity (Wildman–Crippen MR) is 76.7 cm³/mol. The van der Waals surface area contributed by atoms with Crippen LogP contribution in [0.15, 0.2) is 34.7 Å². The average Bonchev–Trinajstić information content (AvgIpc) is 2.85. The molecule has 19 heavy (non-hydrogen) atoms. The Balaban J connectivity index is 2.08. The van der Waals surface area contributed by atoms with E-state index in [1.54, 1.807) is 0 Å². The number of hydrogen-bond acceptors (Lipinski definition) is 4. The van der Waals surface area contributed by atoms with Crippen LogP contribution in [0.5, 0.6) is 0 Å². The van der Waals surface area contributed by atoms with E-state index >= 15 is 0 Å². The fraction of sp³-hybridized carbons (Fsp3) is 0.333. The molecule has 0 radical (unpaired) electrons. The van der Waals surface area contributed by atoms with Gasteiger partial charge in [0.2, 0.25) is 9.84 Å². The lowest BCUT2D eigenvalue weighted by Gasteiger charge is -2.13. The predicted octanol–water partition coefficient (Wildman–Crippen LogP) is 2.84. The third-order valence-corrected chi connectivity index (χ3v) is 4.97. The molecule has 104 valence electrons. The van der Waals surface area contributed by atoms with Gasteiger partial charge in [0.1, 0.15) is 0 Å². The summed E-state index contributed by atoms with van der Waals surface area (Å²) in [6, 6.07) is 4.25. The Bertz CT molecular complexity index is 581. The maximum Gasteiger partial charge on any atom is 0.201 e. The number of halogens is 2. The third kappa shape index (κ3) is 3.86. The Morgan fingerprint density at radius 1 is 1.16 bits per heavy atom. The van der Waals surface area contributed by atoms with E-state index in [2.05, 4.69) is 5.43 Å². The molecule has 1 aromatic rings. The summed E-state index contributed by atoms with van der Waals surface area (Å²) in [6.07, 6.45) is 3.68. The lowest BCUT2D eigenvalue weighted by molar-refractivity contribution is 0.279. The van der Waals surface area contributed by atoms with E-state index in [0.29, 0.717) is 5.02 Å². The quantitative estimate of drug-likeness (QED) is 0.926. The molecule has 0 atom stereocenters. The normalized spacial score (nSPS) is 17.2. The average molecular weight is 321 g/mol. The van der Waals surface area contributed by atoms with E-state index in [1.165, 1.54) is 24.4 Å². The molecule has 0 bridgehead atoms. The van der Waals surface area contributed by atoms with Crippen LogP contribution in [0.4, 0.5) is 0 Å². The number of benzene rings is 1. The molecule has 1 fully saturated rings. The summed E-state index contributed by atoms with van der Waals surface area (Å²) in [7, 11) is -3.50. The molecule has 0 aromatic heterocycles. The molecule has 0 aliphatic carbocycles. The van der Waals surface area contributed by atoms with E-state index in [4.69, 9.17) is 23.2 Å². The van der Waals surface area contributed by atoms with Gasteiger partial charge in [0.05, 0.1) is 20.3 Å². The first-order chi connectivity index (χ1) is 8.99. The summed E-state index contributed by atoms with van der Waals surface area (Å²) in [5.74, 6) is 0. The van der Waals surface area contributed by atoms with Crippen molar-refractivity contribution in [3.8, 4) is 0 Å². The standard InChI is InChI=1S/C12H14Cl2N2O2S/c13-11-4-3-10(9-12(11)14)19(17,18)8-5-15-16-6-1-2-7-16/h3-5,8-9,15H,1-2,6-7H2. The van der Waals surface area contributed by atoms with Gasteiger partial charge in [-0.15, -0.1) is 0 Å². The molecule has 4 nitrogen and oxygen atoms in total. The summed E-state index contributed by atoms with van der Waals surface area (Å²) >= 11 is 11.6. The van der Waals surface area contributed by atoms with Crippen LogP contribution >= 0.6 is 23.2 Å². The molecule has 0 amide bonds. The Morgan fingerprint density at radius 2 is 1.84 bits per heavy atom. The highest BCUT2D eigenvalue weighted by molar-refractivity contribution is 7.94. The summed E-state index contributed by atoms with van der Waals surface area (Å²) < 4.78 is 24.0. The maximum absolute atomic E-state index is 12.0. The molecule has 1 aliphatic heterocycles. The summed E-state index contributed by atoms with van der Waals surface area (Å²) in [6.45, 7) is 1.86. The minimum atomic E-state index is -3.50. The number of sulfone groups is 1. The zero-order chi connectivity index (χ0) is 13.9. The lowest BCUT2D eigenvalue weighted by atomic mass is 10.4. The van der Waals surface area contributed by atoms with Gasteiger partial charge >= 0.3 is 0 Å². The Morgan fingerprint density at radius 3 is 2.47 bits per heavy atom. The molecule has 1 saturated heterocycles. The lowest BCUT2D eigenvalue weighted by Crippen LogP contribution is -2.30. The summed E-state index contributed by atoms with van der Waals surface area (Å²) in [4.78, 5) is 0.126. The maximum atomic E-state index is 12.0. The van der Waals surface area contributed by atoms with Crippen LogP contribution in [-0.2, 0) is 9.84 Å². The fourth-order valence-corrected chi connectivity index (χ4v) is 3.10. The van der Waals surface area contributed by atoms with E-state index in [1.807, 2.05) is 5.01 Å². The number of nitrogens with zero attached hydrogens (tertiary/aromatic N) is 1. The zero-order valence-electron chi connectivity index (χ0n) is 10.1. The van der Waals surface area contributed by atoms with Gasteiger partial charge in [-0.3, -0.25) is 0 Å². The smallest absolute Gasteiger partial charge is 0.201 e. The third-order valence-electron chi connectivity index (χ3n) is 2.83. The van der Waals surface area contributed by atoms with Crippen molar-refractivity contribution in [3.05, 3.63) is 39.9 Å². The van der Waals surface area contributed by atoms with Gasteiger partial charge in [-0.05, 0) is 31.0 Å². The zero-order valence-corrected chi connectivity index (χ0v) is 12.5. The van der Waals surface area contributed by atoms with Crippen molar-refractivity contribution < 1.29 is 8.42 Å². The molecule has 0 spiro atoms. The second-order valence-corrected chi connectivity index (χ2v) is 6.89. The first-order valence-corrected chi connectivity index (χ1v) is 8.17. The van der Waals surface area contributed by atoms with Crippen molar-refractivity contribution in [1.29, 1.82) is 0 Å². The van der Waals surface area contributed by atoms with E-state index in [0.717, 1.165) is 31.3 Å². The summed E-state index contributed by atoms with van der Waals surface area (Å²) in [5.41, 5.74) is 2.95. The van der Waals surface area contributed by atoms with Crippen LogP contribution in [0, 0.1) is 0 Å². The van der Waals surface area contributed by atoms with Crippen molar-refractivity contribution in [2.45, 2.75) is 17.7 Å². The van der Waals surface area contributed by atoms with Crippen molar-refractivity contribution in [3.63, 3.8) is 0 Å².